The zero-order chi connectivity index (χ0) is 14.0. The molecule has 3 heteroatoms. The predicted octanol–water partition coefficient (Wildman–Crippen LogP) is 4.16. The van der Waals surface area contributed by atoms with Crippen molar-refractivity contribution in [2.75, 3.05) is 13.1 Å². The van der Waals surface area contributed by atoms with Crippen LogP contribution in [0.25, 0.3) is 0 Å². The Morgan fingerprint density at radius 2 is 1.55 bits per heavy atom. The molecule has 1 aliphatic carbocycles. The first-order valence-corrected chi connectivity index (χ1v) is 8.11. The van der Waals surface area contributed by atoms with Crippen LogP contribution in [0.1, 0.15) is 50.5 Å². The molecule has 0 amide bonds. The highest BCUT2D eigenvalue weighted by Crippen LogP contribution is 2.43. The summed E-state index contributed by atoms with van der Waals surface area (Å²) in [5.41, 5.74) is 1.53. The van der Waals surface area contributed by atoms with Crippen LogP contribution in [0.4, 0.5) is 0 Å². The van der Waals surface area contributed by atoms with Crippen molar-refractivity contribution in [1.82, 2.24) is 4.90 Å². The Bertz CT molecular complexity index is 466. The van der Waals surface area contributed by atoms with Crippen LogP contribution in [-0.2, 0) is 10.3 Å². The fraction of sp³-hybridized carbons (Fsp3) is 0.588. The summed E-state index contributed by atoms with van der Waals surface area (Å²) in [6, 6.07) is 8.37. The van der Waals surface area contributed by atoms with Gasteiger partial charge in [0, 0.05) is 36.5 Å². The van der Waals surface area contributed by atoms with Gasteiger partial charge in [-0.1, -0.05) is 43.0 Å². The van der Waals surface area contributed by atoms with Gasteiger partial charge in [-0.05, 0) is 30.5 Å². The summed E-state index contributed by atoms with van der Waals surface area (Å²) >= 11 is 6.04. The Morgan fingerprint density at radius 1 is 0.950 bits per heavy atom. The van der Waals surface area contributed by atoms with E-state index in [9.17, 15) is 4.79 Å². The maximum Gasteiger partial charge on any atom is 0.135 e. The standard InChI is InChI=1S/C17H22ClNO/c18-15-6-4-14(5-7-15)17(10-2-1-3-11-17)19-12-8-16(20)9-13-19/h4-7H,1-3,8-13H2. The average molecular weight is 292 g/mol. The van der Waals surface area contributed by atoms with Crippen molar-refractivity contribution in [2.45, 2.75) is 50.5 Å². The molecule has 0 bridgehead atoms. The highest BCUT2D eigenvalue weighted by atomic mass is 35.5. The lowest BCUT2D eigenvalue weighted by Gasteiger charge is -2.48. The first-order chi connectivity index (χ1) is 9.71. The zero-order valence-electron chi connectivity index (χ0n) is 11.9. The number of hydrogen-bond acceptors (Lipinski definition) is 2. The Labute approximate surface area is 126 Å². The number of nitrogens with zero attached hydrogens (tertiary/aromatic N) is 1. The Hall–Kier alpha value is -0.860. The second kappa shape index (κ2) is 5.87. The molecule has 1 aromatic carbocycles. The molecule has 0 spiro atoms. The zero-order valence-corrected chi connectivity index (χ0v) is 12.7. The summed E-state index contributed by atoms with van der Waals surface area (Å²) in [5.74, 6) is 0.420. The monoisotopic (exact) mass is 291 g/mol. The lowest BCUT2D eigenvalue weighted by molar-refractivity contribution is -0.123. The van der Waals surface area contributed by atoms with Crippen molar-refractivity contribution in [3.63, 3.8) is 0 Å². The van der Waals surface area contributed by atoms with Gasteiger partial charge in [0.25, 0.3) is 0 Å². The highest BCUT2D eigenvalue weighted by molar-refractivity contribution is 6.30. The Balaban J connectivity index is 1.91. The third-order valence-corrected chi connectivity index (χ3v) is 5.24. The van der Waals surface area contributed by atoms with Gasteiger partial charge in [0.2, 0.25) is 0 Å². The third-order valence-electron chi connectivity index (χ3n) is 4.99. The number of likely N-dealkylation sites (tertiary alicyclic amines) is 1. The van der Waals surface area contributed by atoms with E-state index in [-0.39, 0.29) is 5.54 Å². The summed E-state index contributed by atoms with van der Waals surface area (Å²) in [6.45, 7) is 1.84. The first-order valence-electron chi connectivity index (χ1n) is 7.73. The van der Waals surface area contributed by atoms with Crippen LogP contribution in [0, 0.1) is 0 Å². The van der Waals surface area contributed by atoms with E-state index in [2.05, 4.69) is 17.0 Å². The Kier molecular flexibility index (Phi) is 4.13. The van der Waals surface area contributed by atoms with Crippen LogP contribution < -0.4 is 0 Å². The minimum absolute atomic E-state index is 0.142. The molecule has 3 rings (SSSR count). The van der Waals surface area contributed by atoms with Gasteiger partial charge < -0.3 is 0 Å². The van der Waals surface area contributed by atoms with Crippen molar-refractivity contribution >= 4 is 17.4 Å². The number of carbonyl (C=O) groups excluding carboxylic acids is 1. The van der Waals surface area contributed by atoms with Crippen molar-refractivity contribution in [3.8, 4) is 0 Å². The van der Waals surface area contributed by atoms with Gasteiger partial charge in [0.1, 0.15) is 5.78 Å². The highest BCUT2D eigenvalue weighted by Gasteiger charge is 2.40. The van der Waals surface area contributed by atoms with Gasteiger partial charge >= 0.3 is 0 Å². The number of halogens is 1. The minimum atomic E-state index is 0.142. The molecule has 0 aromatic heterocycles. The summed E-state index contributed by atoms with van der Waals surface area (Å²) in [4.78, 5) is 14.1. The van der Waals surface area contributed by atoms with Gasteiger partial charge in [-0.3, -0.25) is 9.69 Å². The molecule has 2 aliphatic rings. The topological polar surface area (TPSA) is 20.3 Å². The van der Waals surface area contributed by atoms with E-state index < -0.39 is 0 Å². The normalized spacial score (nSPS) is 23.8. The molecule has 108 valence electrons. The van der Waals surface area contributed by atoms with E-state index in [0.29, 0.717) is 5.78 Å². The van der Waals surface area contributed by atoms with Gasteiger partial charge in [-0.25, -0.2) is 0 Å². The summed E-state index contributed by atoms with van der Waals surface area (Å²) in [5, 5.41) is 0.800. The van der Waals surface area contributed by atoms with E-state index in [1.54, 1.807) is 0 Å². The van der Waals surface area contributed by atoms with Crippen LogP contribution in [0.15, 0.2) is 24.3 Å². The Morgan fingerprint density at radius 3 is 2.15 bits per heavy atom. The molecular formula is C17H22ClNO. The fourth-order valence-corrected chi connectivity index (χ4v) is 3.99. The van der Waals surface area contributed by atoms with E-state index in [0.717, 1.165) is 31.0 Å². The average Bonchev–Trinajstić information content (AvgIpc) is 2.49. The maximum atomic E-state index is 11.5. The minimum Gasteiger partial charge on any atom is -0.300 e. The van der Waals surface area contributed by atoms with Crippen LogP contribution in [-0.4, -0.2) is 23.8 Å². The lowest BCUT2D eigenvalue weighted by Crippen LogP contribution is -2.51. The smallest absolute Gasteiger partial charge is 0.135 e. The largest absolute Gasteiger partial charge is 0.300 e. The summed E-state index contributed by atoms with van der Waals surface area (Å²) in [7, 11) is 0. The van der Waals surface area contributed by atoms with Crippen LogP contribution in [0.3, 0.4) is 0 Å². The quantitative estimate of drug-likeness (QED) is 0.815. The molecule has 1 heterocycles. The molecule has 0 atom stereocenters. The van der Waals surface area contributed by atoms with E-state index in [1.165, 1.54) is 37.7 Å². The van der Waals surface area contributed by atoms with Gasteiger partial charge in [0.15, 0.2) is 0 Å². The second-order valence-electron chi connectivity index (χ2n) is 6.12. The predicted molar refractivity (Wildman–Crippen MR) is 82.0 cm³/mol. The molecule has 0 unspecified atom stereocenters. The molecule has 1 saturated carbocycles. The number of hydrogen-bond donors (Lipinski definition) is 0. The number of ketones is 1. The number of Topliss-reactive ketones (excluding diaryl/α,β-unsaturated/α-hetero) is 1. The van der Waals surface area contributed by atoms with Gasteiger partial charge in [-0.2, -0.15) is 0 Å². The molecule has 1 aliphatic heterocycles. The molecule has 2 fully saturated rings. The van der Waals surface area contributed by atoms with Crippen molar-refractivity contribution in [2.24, 2.45) is 0 Å². The second-order valence-corrected chi connectivity index (χ2v) is 6.56. The molecule has 1 aromatic rings. The number of piperidine rings is 1. The third kappa shape index (κ3) is 2.64. The van der Waals surface area contributed by atoms with Crippen LogP contribution >= 0.6 is 11.6 Å². The van der Waals surface area contributed by atoms with E-state index in [1.807, 2.05) is 12.1 Å². The van der Waals surface area contributed by atoms with Crippen molar-refractivity contribution in [3.05, 3.63) is 34.9 Å². The van der Waals surface area contributed by atoms with Crippen LogP contribution in [0.2, 0.25) is 5.02 Å². The van der Waals surface area contributed by atoms with Crippen molar-refractivity contribution < 1.29 is 4.79 Å². The van der Waals surface area contributed by atoms with E-state index >= 15 is 0 Å². The van der Waals surface area contributed by atoms with E-state index in [4.69, 9.17) is 11.6 Å². The molecule has 0 N–H and O–H groups in total. The number of carbonyl (C=O) groups is 1. The SMILES string of the molecule is O=C1CCN(C2(c3ccc(Cl)cc3)CCCCC2)CC1. The summed E-state index contributed by atoms with van der Waals surface area (Å²) in [6.07, 6.45) is 7.76. The molecule has 20 heavy (non-hydrogen) atoms. The lowest BCUT2D eigenvalue weighted by atomic mass is 9.74. The number of rotatable bonds is 2. The molecular weight excluding hydrogens is 270 g/mol. The van der Waals surface area contributed by atoms with Gasteiger partial charge in [-0.15, -0.1) is 0 Å². The van der Waals surface area contributed by atoms with Gasteiger partial charge in [0.05, 0.1) is 0 Å². The maximum absolute atomic E-state index is 11.5. The molecule has 2 nitrogen and oxygen atoms in total. The fourth-order valence-electron chi connectivity index (χ4n) is 3.87. The first kappa shape index (κ1) is 14.1. The molecule has 0 radical (unpaired) electrons. The number of benzene rings is 1. The van der Waals surface area contributed by atoms with Crippen LogP contribution in [0.5, 0.6) is 0 Å². The molecule has 1 saturated heterocycles. The summed E-state index contributed by atoms with van der Waals surface area (Å²) < 4.78 is 0. The van der Waals surface area contributed by atoms with Crippen molar-refractivity contribution in [1.29, 1.82) is 0 Å².